The van der Waals surface area contributed by atoms with Gasteiger partial charge in [-0.25, -0.2) is 0 Å². The minimum atomic E-state index is 0.248. The molecule has 0 bridgehead atoms. The summed E-state index contributed by atoms with van der Waals surface area (Å²) in [7, 11) is 0. The molecular formula is C9H18O2. The maximum atomic E-state index is 10.6. The van der Waals surface area contributed by atoms with E-state index in [0.717, 1.165) is 13.0 Å². The topological polar surface area (TPSA) is 26.3 Å². The number of Topliss-reactive ketones (excluding diaryl/α,β-unsaturated/α-hetero) is 1. The number of ether oxygens (including phenoxy) is 1. The van der Waals surface area contributed by atoms with Gasteiger partial charge in [-0.2, -0.15) is 0 Å². The first-order valence-corrected chi connectivity index (χ1v) is 4.24. The van der Waals surface area contributed by atoms with Crippen LogP contribution in [0.5, 0.6) is 0 Å². The Morgan fingerprint density at radius 2 is 2.18 bits per heavy atom. The van der Waals surface area contributed by atoms with E-state index in [1.807, 2.05) is 6.92 Å². The number of rotatable bonds is 6. The van der Waals surface area contributed by atoms with Gasteiger partial charge in [0, 0.05) is 19.6 Å². The Morgan fingerprint density at radius 1 is 1.55 bits per heavy atom. The number of ketones is 1. The van der Waals surface area contributed by atoms with Gasteiger partial charge in [-0.15, -0.1) is 0 Å². The smallest absolute Gasteiger partial charge is 0.130 e. The average Bonchev–Trinajstić information content (AvgIpc) is 1.86. The molecule has 0 rings (SSSR count). The standard InChI is InChI=1S/C9H18O2/c1-4-5-11-7-8(2)6-9(3)10/h8H,4-7H2,1-3H3. The summed E-state index contributed by atoms with van der Waals surface area (Å²) in [5.41, 5.74) is 0. The third-order valence-electron chi connectivity index (χ3n) is 1.39. The fraction of sp³-hybridized carbons (Fsp3) is 0.889. The van der Waals surface area contributed by atoms with Crippen molar-refractivity contribution in [3.8, 4) is 0 Å². The SMILES string of the molecule is CCCOCC(C)CC(C)=O. The molecule has 0 aromatic rings. The molecule has 1 unspecified atom stereocenters. The highest BCUT2D eigenvalue weighted by Gasteiger charge is 2.04. The quantitative estimate of drug-likeness (QED) is 0.553. The third-order valence-corrected chi connectivity index (χ3v) is 1.39. The highest BCUT2D eigenvalue weighted by Crippen LogP contribution is 2.02. The Kier molecular flexibility index (Phi) is 6.13. The van der Waals surface area contributed by atoms with Crippen LogP contribution in [-0.2, 0) is 9.53 Å². The minimum absolute atomic E-state index is 0.248. The molecule has 0 aromatic carbocycles. The molecule has 0 heterocycles. The lowest BCUT2D eigenvalue weighted by molar-refractivity contribution is -0.118. The van der Waals surface area contributed by atoms with Gasteiger partial charge in [-0.3, -0.25) is 0 Å². The van der Waals surface area contributed by atoms with Crippen molar-refractivity contribution in [1.29, 1.82) is 0 Å². The van der Waals surface area contributed by atoms with Crippen LogP contribution in [0.2, 0.25) is 0 Å². The van der Waals surface area contributed by atoms with Gasteiger partial charge in [-0.05, 0) is 19.3 Å². The van der Waals surface area contributed by atoms with E-state index in [1.165, 1.54) is 0 Å². The van der Waals surface area contributed by atoms with Gasteiger partial charge in [-0.1, -0.05) is 13.8 Å². The summed E-state index contributed by atoms with van der Waals surface area (Å²) in [6, 6.07) is 0. The molecule has 0 fully saturated rings. The van der Waals surface area contributed by atoms with Crippen LogP contribution in [0.4, 0.5) is 0 Å². The van der Waals surface area contributed by atoms with E-state index in [2.05, 4.69) is 6.92 Å². The Morgan fingerprint density at radius 3 is 2.64 bits per heavy atom. The lowest BCUT2D eigenvalue weighted by Gasteiger charge is -2.08. The van der Waals surface area contributed by atoms with Gasteiger partial charge in [0.25, 0.3) is 0 Å². The van der Waals surface area contributed by atoms with Gasteiger partial charge >= 0.3 is 0 Å². The van der Waals surface area contributed by atoms with E-state index in [1.54, 1.807) is 6.92 Å². The third kappa shape index (κ3) is 7.53. The lowest BCUT2D eigenvalue weighted by Crippen LogP contribution is -2.09. The van der Waals surface area contributed by atoms with Crippen molar-refractivity contribution in [2.24, 2.45) is 5.92 Å². The predicted molar refractivity (Wildman–Crippen MR) is 45.6 cm³/mol. The maximum Gasteiger partial charge on any atom is 0.130 e. The second-order valence-corrected chi connectivity index (χ2v) is 3.09. The molecule has 66 valence electrons. The Balaban J connectivity index is 3.22. The first kappa shape index (κ1) is 10.6. The molecule has 2 nitrogen and oxygen atoms in total. The molecule has 0 amide bonds. The minimum Gasteiger partial charge on any atom is -0.381 e. The predicted octanol–water partition coefficient (Wildman–Crippen LogP) is 2.03. The van der Waals surface area contributed by atoms with Gasteiger partial charge < -0.3 is 9.53 Å². The number of carbonyl (C=O) groups is 1. The van der Waals surface area contributed by atoms with Crippen LogP contribution in [0.25, 0.3) is 0 Å². The zero-order valence-corrected chi connectivity index (χ0v) is 7.72. The largest absolute Gasteiger partial charge is 0.381 e. The van der Waals surface area contributed by atoms with E-state index in [4.69, 9.17) is 4.74 Å². The number of hydrogen-bond donors (Lipinski definition) is 0. The fourth-order valence-electron chi connectivity index (χ4n) is 0.979. The molecule has 0 aliphatic heterocycles. The van der Waals surface area contributed by atoms with Gasteiger partial charge in [0.1, 0.15) is 5.78 Å². The molecule has 0 aromatic heterocycles. The molecule has 0 aliphatic rings. The first-order chi connectivity index (χ1) is 5.16. The summed E-state index contributed by atoms with van der Waals surface area (Å²) in [5, 5.41) is 0. The van der Waals surface area contributed by atoms with Crippen molar-refractivity contribution in [1.82, 2.24) is 0 Å². The van der Waals surface area contributed by atoms with E-state index in [-0.39, 0.29) is 5.78 Å². The molecule has 0 spiro atoms. The Bertz CT molecular complexity index is 110. The molecule has 0 N–H and O–H groups in total. The maximum absolute atomic E-state index is 10.6. The lowest BCUT2D eigenvalue weighted by atomic mass is 10.1. The molecule has 11 heavy (non-hydrogen) atoms. The number of carbonyl (C=O) groups excluding carboxylic acids is 1. The van der Waals surface area contributed by atoms with Crippen LogP contribution < -0.4 is 0 Å². The van der Waals surface area contributed by atoms with E-state index in [0.29, 0.717) is 18.9 Å². The van der Waals surface area contributed by atoms with Crippen molar-refractivity contribution in [3.05, 3.63) is 0 Å². The summed E-state index contributed by atoms with van der Waals surface area (Å²) in [5.74, 6) is 0.622. The summed E-state index contributed by atoms with van der Waals surface area (Å²) >= 11 is 0. The van der Waals surface area contributed by atoms with Crippen molar-refractivity contribution in [2.45, 2.75) is 33.6 Å². The molecule has 0 saturated heterocycles. The van der Waals surface area contributed by atoms with Crippen LogP contribution in [0.1, 0.15) is 33.6 Å². The normalized spacial score (nSPS) is 13.0. The Hall–Kier alpha value is -0.370. The fourth-order valence-corrected chi connectivity index (χ4v) is 0.979. The zero-order chi connectivity index (χ0) is 8.69. The van der Waals surface area contributed by atoms with Crippen LogP contribution in [0.3, 0.4) is 0 Å². The van der Waals surface area contributed by atoms with Crippen molar-refractivity contribution < 1.29 is 9.53 Å². The molecular weight excluding hydrogens is 140 g/mol. The first-order valence-electron chi connectivity index (χ1n) is 4.24. The molecule has 1 atom stereocenters. The van der Waals surface area contributed by atoms with Crippen molar-refractivity contribution >= 4 is 5.78 Å². The van der Waals surface area contributed by atoms with Crippen LogP contribution >= 0.6 is 0 Å². The summed E-state index contributed by atoms with van der Waals surface area (Å²) in [4.78, 5) is 10.6. The van der Waals surface area contributed by atoms with Crippen molar-refractivity contribution in [3.63, 3.8) is 0 Å². The second-order valence-electron chi connectivity index (χ2n) is 3.09. The van der Waals surface area contributed by atoms with Crippen LogP contribution in [0, 0.1) is 5.92 Å². The van der Waals surface area contributed by atoms with Gasteiger partial charge in [0.15, 0.2) is 0 Å². The second kappa shape index (κ2) is 6.35. The van der Waals surface area contributed by atoms with E-state index < -0.39 is 0 Å². The van der Waals surface area contributed by atoms with Gasteiger partial charge in [0.05, 0.1) is 0 Å². The molecule has 0 saturated carbocycles. The zero-order valence-electron chi connectivity index (χ0n) is 7.72. The summed E-state index contributed by atoms with van der Waals surface area (Å²) in [6.45, 7) is 7.26. The highest BCUT2D eigenvalue weighted by molar-refractivity contribution is 5.75. The van der Waals surface area contributed by atoms with E-state index >= 15 is 0 Å². The molecule has 0 aliphatic carbocycles. The highest BCUT2D eigenvalue weighted by atomic mass is 16.5. The summed E-state index contributed by atoms with van der Waals surface area (Å²) < 4.78 is 5.29. The van der Waals surface area contributed by atoms with E-state index in [9.17, 15) is 4.79 Å². The van der Waals surface area contributed by atoms with Crippen LogP contribution in [-0.4, -0.2) is 19.0 Å². The number of hydrogen-bond acceptors (Lipinski definition) is 2. The average molecular weight is 158 g/mol. The molecule has 0 radical (unpaired) electrons. The molecule has 2 heteroatoms. The van der Waals surface area contributed by atoms with Gasteiger partial charge in [0.2, 0.25) is 0 Å². The Labute approximate surface area is 68.9 Å². The summed E-state index contributed by atoms with van der Waals surface area (Å²) in [6.07, 6.45) is 1.69. The van der Waals surface area contributed by atoms with Crippen LogP contribution in [0.15, 0.2) is 0 Å². The monoisotopic (exact) mass is 158 g/mol. The van der Waals surface area contributed by atoms with Crippen molar-refractivity contribution in [2.75, 3.05) is 13.2 Å².